The van der Waals surface area contributed by atoms with Crippen LogP contribution in [0.5, 0.6) is 0 Å². The monoisotopic (exact) mass is 434 g/mol. The van der Waals surface area contributed by atoms with E-state index in [-0.39, 0.29) is 5.71 Å². The summed E-state index contributed by atoms with van der Waals surface area (Å²) in [7, 11) is 2.16. The Morgan fingerprint density at radius 2 is 1.87 bits per heavy atom. The van der Waals surface area contributed by atoms with Gasteiger partial charge in [-0.05, 0) is 41.9 Å². The molecule has 0 radical (unpaired) electrons. The van der Waals surface area contributed by atoms with Crippen molar-refractivity contribution in [2.75, 3.05) is 39.0 Å². The third kappa shape index (κ3) is 5.79. The van der Waals surface area contributed by atoms with Crippen LogP contribution in [-0.2, 0) is 6.54 Å². The van der Waals surface area contributed by atoms with Crippen LogP contribution < -0.4 is 17.2 Å². The molecule has 7 heteroatoms. The minimum absolute atomic E-state index is 0.171. The van der Waals surface area contributed by atoms with Crippen LogP contribution in [0.3, 0.4) is 0 Å². The van der Waals surface area contributed by atoms with Crippen molar-refractivity contribution in [2.24, 2.45) is 11.5 Å². The molecule has 2 aromatic carbocycles. The minimum Gasteiger partial charge on any atom is -0.404 e. The molecule has 0 amide bonds. The highest BCUT2D eigenvalue weighted by molar-refractivity contribution is 7.79. The molecule has 0 spiro atoms. The van der Waals surface area contributed by atoms with Gasteiger partial charge in [-0.2, -0.15) is 0 Å². The molecular weight excluding hydrogens is 404 g/mol. The van der Waals surface area contributed by atoms with Crippen LogP contribution in [0.4, 0.5) is 5.69 Å². The van der Waals surface area contributed by atoms with Gasteiger partial charge in [0, 0.05) is 61.1 Å². The Bertz CT molecular complexity index is 1020. The molecule has 0 aromatic heterocycles. The highest BCUT2D eigenvalue weighted by atomic mass is 32.1. The van der Waals surface area contributed by atoms with E-state index < -0.39 is 0 Å². The van der Waals surface area contributed by atoms with Gasteiger partial charge < -0.3 is 22.1 Å². The average molecular weight is 435 g/mol. The molecule has 1 heterocycles. The van der Waals surface area contributed by atoms with Crippen molar-refractivity contribution in [3.63, 3.8) is 0 Å². The maximum absolute atomic E-state index is 8.58. The van der Waals surface area contributed by atoms with Gasteiger partial charge in [0.2, 0.25) is 0 Å². The molecule has 1 aliphatic heterocycles. The predicted molar refractivity (Wildman–Crippen MR) is 135 cm³/mol. The lowest BCUT2D eigenvalue weighted by Gasteiger charge is -2.32. The van der Waals surface area contributed by atoms with E-state index >= 15 is 0 Å². The molecule has 31 heavy (non-hydrogen) atoms. The first kappa shape index (κ1) is 22.7. The number of nitrogen functional groups attached to an aromatic ring is 1. The van der Waals surface area contributed by atoms with Crippen molar-refractivity contribution in [1.82, 2.24) is 9.80 Å². The Kier molecular flexibility index (Phi) is 7.57. The number of benzene rings is 2. The Morgan fingerprint density at radius 3 is 2.55 bits per heavy atom. The lowest BCUT2D eigenvalue weighted by molar-refractivity contribution is 0.148. The first-order valence-corrected chi connectivity index (χ1v) is 10.7. The fourth-order valence-corrected chi connectivity index (χ4v) is 3.82. The molecule has 1 fully saturated rings. The maximum atomic E-state index is 8.58. The van der Waals surface area contributed by atoms with Crippen molar-refractivity contribution in [3.05, 3.63) is 76.6 Å². The summed E-state index contributed by atoms with van der Waals surface area (Å²) in [6, 6.07) is 13.6. The maximum Gasteiger partial charge on any atom is 0.0862 e. The zero-order valence-corrected chi connectivity index (χ0v) is 18.7. The standard InChI is InChI=1S/C24H30N6S/c1-29-7-9-30(10-8-29)15-18-4-2-3-17(11-18)12-23(27)24(28)21-13-19(5-6-22(21)26)20(14-25)16-31/h2-6,11-14,16,28H,7-10,15,25-27H2,1H3/b20-14+,23-12-,28-24?. The lowest BCUT2D eigenvalue weighted by atomic mass is 9.98. The van der Waals surface area contributed by atoms with E-state index in [1.165, 1.54) is 17.1 Å². The molecule has 1 aliphatic rings. The summed E-state index contributed by atoms with van der Waals surface area (Å²) in [5.41, 5.74) is 23.3. The van der Waals surface area contributed by atoms with Gasteiger partial charge in [-0.3, -0.25) is 10.3 Å². The smallest absolute Gasteiger partial charge is 0.0862 e. The SMILES string of the molecule is CN1CCN(Cc2cccc(/C=C(\N)C(=N)c3cc(/C(C=S)=C/N)ccc3N)c2)CC1. The van der Waals surface area contributed by atoms with Crippen molar-refractivity contribution < 1.29 is 0 Å². The number of likely N-dealkylation sites (N-methyl/N-ethyl adjacent to an activating group) is 1. The van der Waals surface area contributed by atoms with E-state index in [0.717, 1.165) is 43.9 Å². The van der Waals surface area contributed by atoms with Gasteiger partial charge in [0.1, 0.15) is 0 Å². The summed E-state index contributed by atoms with van der Waals surface area (Å²) >= 11 is 5.01. The van der Waals surface area contributed by atoms with Crippen LogP contribution in [0.2, 0.25) is 0 Å². The molecule has 6 nitrogen and oxygen atoms in total. The van der Waals surface area contributed by atoms with E-state index in [1.54, 1.807) is 12.1 Å². The average Bonchev–Trinajstić information content (AvgIpc) is 2.77. The molecular formula is C24H30N6S. The molecule has 0 atom stereocenters. The van der Waals surface area contributed by atoms with Gasteiger partial charge >= 0.3 is 0 Å². The molecule has 2 aromatic rings. The number of allylic oxidation sites excluding steroid dienone is 2. The second-order valence-electron chi connectivity index (χ2n) is 7.84. The van der Waals surface area contributed by atoms with Gasteiger partial charge in [-0.1, -0.05) is 42.5 Å². The summed E-state index contributed by atoms with van der Waals surface area (Å²) in [6.45, 7) is 5.23. The topological polar surface area (TPSA) is 108 Å². The summed E-state index contributed by atoms with van der Waals surface area (Å²) in [6.07, 6.45) is 3.26. The van der Waals surface area contributed by atoms with Crippen LogP contribution in [-0.4, -0.2) is 54.1 Å². The van der Waals surface area contributed by atoms with Crippen LogP contribution in [0, 0.1) is 5.41 Å². The first-order valence-electron chi connectivity index (χ1n) is 10.2. The van der Waals surface area contributed by atoms with E-state index in [9.17, 15) is 0 Å². The minimum atomic E-state index is 0.171. The number of hydrogen-bond acceptors (Lipinski definition) is 7. The van der Waals surface area contributed by atoms with Crippen LogP contribution in [0.15, 0.2) is 54.4 Å². The van der Waals surface area contributed by atoms with Crippen molar-refractivity contribution in [1.29, 1.82) is 5.41 Å². The third-order valence-corrected chi connectivity index (χ3v) is 5.78. The zero-order chi connectivity index (χ0) is 22.4. The van der Waals surface area contributed by atoms with Crippen molar-refractivity contribution >= 4 is 40.6 Å². The molecule has 0 bridgehead atoms. The van der Waals surface area contributed by atoms with E-state index in [4.69, 9.17) is 34.8 Å². The number of nitrogens with zero attached hydrogens (tertiary/aromatic N) is 2. The number of rotatable bonds is 7. The number of piperazine rings is 1. The molecule has 0 aliphatic carbocycles. The normalized spacial score (nSPS) is 16.3. The number of anilines is 1. The first-order chi connectivity index (χ1) is 14.9. The van der Waals surface area contributed by atoms with Gasteiger partial charge in [-0.15, -0.1) is 0 Å². The number of thiocarbonyl (C=S) groups is 1. The number of nitrogens with two attached hydrogens (primary N) is 3. The fraction of sp³-hybridized carbons (Fsp3) is 0.250. The highest BCUT2D eigenvalue weighted by Crippen LogP contribution is 2.22. The van der Waals surface area contributed by atoms with Crippen molar-refractivity contribution in [3.8, 4) is 0 Å². The molecule has 162 valence electrons. The highest BCUT2D eigenvalue weighted by Gasteiger charge is 2.14. The van der Waals surface area contributed by atoms with Gasteiger partial charge in [0.15, 0.2) is 0 Å². The van der Waals surface area contributed by atoms with E-state index in [2.05, 4.69) is 29.0 Å². The Labute approximate surface area is 189 Å². The van der Waals surface area contributed by atoms with E-state index in [1.807, 2.05) is 24.3 Å². The Balaban J connectivity index is 1.79. The second kappa shape index (κ2) is 10.3. The molecule has 3 rings (SSSR count). The van der Waals surface area contributed by atoms with Crippen molar-refractivity contribution in [2.45, 2.75) is 6.54 Å². The fourth-order valence-electron chi connectivity index (χ4n) is 3.61. The Hall–Kier alpha value is -3.00. The van der Waals surface area contributed by atoms with Crippen LogP contribution in [0.25, 0.3) is 11.6 Å². The van der Waals surface area contributed by atoms with Crippen LogP contribution >= 0.6 is 12.2 Å². The summed E-state index contributed by atoms with van der Waals surface area (Å²) in [4.78, 5) is 4.81. The lowest BCUT2D eigenvalue weighted by Crippen LogP contribution is -2.43. The molecule has 0 saturated carbocycles. The second-order valence-corrected chi connectivity index (χ2v) is 8.08. The quantitative estimate of drug-likeness (QED) is 0.231. The zero-order valence-electron chi connectivity index (χ0n) is 17.8. The van der Waals surface area contributed by atoms with Gasteiger partial charge in [0.05, 0.1) is 11.4 Å². The third-order valence-electron chi connectivity index (χ3n) is 5.53. The number of hydrogen-bond donors (Lipinski definition) is 4. The van der Waals surface area contributed by atoms with Crippen LogP contribution in [0.1, 0.15) is 22.3 Å². The van der Waals surface area contributed by atoms with Gasteiger partial charge in [-0.25, -0.2) is 0 Å². The summed E-state index contributed by atoms with van der Waals surface area (Å²) in [5, 5.41) is 10.1. The summed E-state index contributed by atoms with van der Waals surface area (Å²) in [5.74, 6) is 0. The number of nitrogens with one attached hydrogen (secondary N) is 1. The molecule has 7 N–H and O–H groups in total. The summed E-state index contributed by atoms with van der Waals surface area (Å²) < 4.78 is 0. The predicted octanol–water partition coefficient (Wildman–Crippen LogP) is 2.68. The van der Waals surface area contributed by atoms with Gasteiger partial charge in [0.25, 0.3) is 0 Å². The molecule has 1 saturated heterocycles. The molecule has 0 unspecified atom stereocenters. The Morgan fingerprint density at radius 1 is 1.13 bits per heavy atom. The largest absolute Gasteiger partial charge is 0.404 e. The van der Waals surface area contributed by atoms with E-state index in [0.29, 0.717) is 22.5 Å².